The summed E-state index contributed by atoms with van der Waals surface area (Å²) in [5.74, 6) is 1.20. The van der Waals surface area contributed by atoms with Crippen molar-refractivity contribution in [2.45, 2.75) is 26.8 Å². The summed E-state index contributed by atoms with van der Waals surface area (Å²) in [4.78, 5) is 6.00. The Labute approximate surface area is 184 Å². The van der Waals surface area contributed by atoms with Crippen molar-refractivity contribution >= 4 is 31.7 Å². The zero-order valence-electron chi connectivity index (χ0n) is 17.3. The van der Waals surface area contributed by atoms with E-state index < -0.39 is 0 Å². The fraction of sp³-hybridized carbons (Fsp3) is 0.208. The summed E-state index contributed by atoms with van der Waals surface area (Å²) < 4.78 is 25.9. The SMILES string of the molecule is C=CN(Cc1ccc(C)c(F)c1)c1cc(OC)ccc1/C(Br)=C(\CC)c1cnco1. The van der Waals surface area contributed by atoms with E-state index in [9.17, 15) is 4.39 Å². The van der Waals surface area contributed by atoms with Crippen LogP contribution in [0.5, 0.6) is 5.75 Å². The summed E-state index contributed by atoms with van der Waals surface area (Å²) in [6.07, 6.45) is 5.60. The van der Waals surface area contributed by atoms with Crippen molar-refractivity contribution in [1.82, 2.24) is 4.98 Å². The maximum absolute atomic E-state index is 14.1. The number of methoxy groups -OCH3 is 1. The van der Waals surface area contributed by atoms with Gasteiger partial charge in [0.1, 0.15) is 11.6 Å². The number of allylic oxidation sites excluding steroid dienone is 1. The Morgan fingerprint density at radius 3 is 2.70 bits per heavy atom. The van der Waals surface area contributed by atoms with Crippen molar-refractivity contribution in [3.63, 3.8) is 0 Å². The van der Waals surface area contributed by atoms with Crippen LogP contribution < -0.4 is 9.64 Å². The van der Waals surface area contributed by atoms with Gasteiger partial charge in [-0.1, -0.05) is 25.6 Å². The smallest absolute Gasteiger partial charge is 0.181 e. The number of anilines is 1. The highest BCUT2D eigenvalue weighted by Gasteiger charge is 2.18. The van der Waals surface area contributed by atoms with Gasteiger partial charge in [-0.2, -0.15) is 0 Å². The molecule has 156 valence electrons. The minimum absolute atomic E-state index is 0.220. The molecule has 0 atom stereocenters. The molecule has 0 N–H and O–H groups in total. The van der Waals surface area contributed by atoms with Crippen LogP contribution in [0.2, 0.25) is 0 Å². The number of halogens is 2. The standard InChI is InChI=1S/C24H24BrFN2O2/c1-5-19(23-13-27-15-30-23)24(25)20-10-9-18(29-4)12-22(20)28(6-2)14-17-8-7-16(3)21(26)11-17/h6-13,15H,2,5,14H2,1,3-4H3/b24-19-. The first-order chi connectivity index (χ1) is 14.5. The average molecular weight is 471 g/mol. The summed E-state index contributed by atoms with van der Waals surface area (Å²) in [6, 6.07) is 11.1. The summed E-state index contributed by atoms with van der Waals surface area (Å²) in [7, 11) is 1.63. The Hall–Kier alpha value is -2.86. The zero-order valence-corrected chi connectivity index (χ0v) is 18.9. The van der Waals surface area contributed by atoms with Crippen LogP contribution in [0.15, 0.2) is 66.2 Å². The quantitative estimate of drug-likeness (QED) is 0.356. The van der Waals surface area contributed by atoms with Gasteiger partial charge in [0.2, 0.25) is 0 Å². The molecule has 0 aliphatic carbocycles. The highest BCUT2D eigenvalue weighted by molar-refractivity contribution is 9.15. The van der Waals surface area contributed by atoms with Crippen molar-refractivity contribution < 1.29 is 13.5 Å². The molecule has 2 aromatic carbocycles. The highest BCUT2D eigenvalue weighted by Crippen LogP contribution is 2.40. The van der Waals surface area contributed by atoms with Gasteiger partial charge >= 0.3 is 0 Å². The van der Waals surface area contributed by atoms with Gasteiger partial charge in [0, 0.05) is 28.2 Å². The Balaban J connectivity index is 2.09. The van der Waals surface area contributed by atoms with E-state index in [0.717, 1.165) is 33.3 Å². The molecule has 0 spiro atoms. The number of rotatable bonds is 8. The molecule has 0 saturated carbocycles. The summed E-state index contributed by atoms with van der Waals surface area (Å²) in [6.45, 7) is 8.25. The van der Waals surface area contributed by atoms with E-state index in [1.807, 2.05) is 29.2 Å². The fourth-order valence-corrected chi connectivity index (χ4v) is 4.02. The van der Waals surface area contributed by atoms with Gasteiger partial charge in [-0.3, -0.25) is 0 Å². The number of nitrogens with zero attached hydrogens (tertiary/aromatic N) is 2. The molecule has 0 bridgehead atoms. The molecule has 1 aromatic heterocycles. The number of hydrogen-bond donors (Lipinski definition) is 0. The molecule has 0 amide bonds. The van der Waals surface area contributed by atoms with Crippen LogP contribution in [0.4, 0.5) is 10.1 Å². The van der Waals surface area contributed by atoms with E-state index >= 15 is 0 Å². The normalized spacial score (nSPS) is 11.8. The molecule has 3 rings (SSSR count). The molecule has 3 aromatic rings. The van der Waals surface area contributed by atoms with Gasteiger partial charge < -0.3 is 14.1 Å². The summed E-state index contributed by atoms with van der Waals surface area (Å²) >= 11 is 3.77. The molecular weight excluding hydrogens is 447 g/mol. The van der Waals surface area contributed by atoms with Crippen LogP contribution in [0, 0.1) is 12.7 Å². The topological polar surface area (TPSA) is 38.5 Å². The second-order valence-corrected chi connectivity index (χ2v) is 7.58. The second-order valence-electron chi connectivity index (χ2n) is 6.79. The molecule has 0 aliphatic heterocycles. The highest BCUT2D eigenvalue weighted by atomic mass is 79.9. The molecule has 0 unspecified atom stereocenters. The molecule has 0 saturated heterocycles. The van der Waals surface area contributed by atoms with E-state index in [-0.39, 0.29) is 5.82 Å². The van der Waals surface area contributed by atoms with Gasteiger partial charge in [0.25, 0.3) is 0 Å². The van der Waals surface area contributed by atoms with Crippen LogP contribution in [0.3, 0.4) is 0 Å². The van der Waals surface area contributed by atoms with Crippen molar-refractivity contribution in [3.05, 3.63) is 90.0 Å². The zero-order chi connectivity index (χ0) is 21.7. The molecule has 30 heavy (non-hydrogen) atoms. The Bertz CT molecular complexity index is 1060. The van der Waals surface area contributed by atoms with E-state index in [0.29, 0.717) is 23.6 Å². The number of hydrogen-bond acceptors (Lipinski definition) is 4. The van der Waals surface area contributed by atoms with Crippen molar-refractivity contribution in [2.75, 3.05) is 12.0 Å². The second kappa shape index (κ2) is 9.76. The summed E-state index contributed by atoms with van der Waals surface area (Å²) in [5.41, 5.74) is 4.28. The average Bonchev–Trinajstić information content (AvgIpc) is 3.29. The maximum Gasteiger partial charge on any atom is 0.181 e. The number of aromatic nitrogens is 1. The Morgan fingerprint density at radius 1 is 1.30 bits per heavy atom. The fourth-order valence-electron chi connectivity index (χ4n) is 3.21. The van der Waals surface area contributed by atoms with Crippen LogP contribution in [-0.4, -0.2) is 12.1 Å². The van der Waals surface area contributed by atoms with Crippen molar-refractivity contribution in [1.29, 1.82) is 0 Å². The number of oxazole rings is 1. The first-order valence-corrected chi connectivity index (χ1v) is 10.4. The Morgan fingerprint density at radius 2 is 2.10 bits per heavy atom. The molecular formula is C24H24BrFN2O2. The lowest BCUT2D eigenvalue weighted by Crippen LogP contribution is -2.16. The number of aryl methyl sites for hydroxylation is 1. The van der Waals surface area contributed by atoms with Crippen LogP contribution >= 0.6 is 15.9 Å². The van der Waals surface area contributed by atoms with E-state index in [1.165, 1.54) is 6.39 Å². The molecule has 6 heteroatoms. The van der Waals surface area contributed by atoms with E-state index in [4.69, 9.17) is 9.15 Å². The van der Waals surface area contributed by atoms with E-state index in [2.05, 4.69) is 34.4 Å². The van der Waals surface area contributed by atoms with E-state index in [1.54, 1.807) is 38.6 Å². The van der Waals surface area contributed by atoms with Crippen molar-refractivity contribution in [2.24, 2.45) is 0 Å². The monoisotopic (exact) mass is 470 g/mol. The predicted octanol–water partition coefficient (Wildman–Crippen LogP) is 6.95. The minimum atomic E-state index is -0.220. The lowest BCUT2D eigenvalue weighted by molar-refractivity contribution is 0.415. The van der Waals surface area contributed by atoms with Crippen LogP contribution in [0.1, 0.15) is 35.8 Å². The molecule has 0 fully saturated rings. The lowest BCUT2D eigenvalue weighted by Gasteiger charge is -2.25. The minimum Gasteiger partial charge on any atom is -0.497 e. The molecule has 0 aliphatic rings. The van der Waals surface area contributed by atoms with Crippen LogP contribution in [0.25, 0.3) is 10.1 Å². The van der Waals surface area contributed by atoms with Crippen molar-refractivity contribution in [3.8, 4) is 5.75 Å². The van der Waals surface area contributed by atoms with Gasteiger partial charge in [-0.25, -0.2) is 9.37 Å². The first kappa shape index (κ1) is 21.8. The van der Waals surface area contributed by atoms with Gasteiger partial charge in [0.15, 0.2) is 12.2 Å². The molecule has 0 radical (unpaired) electrons. The third-order valence-corrected chi connectivity index (χ3v) is 5.81. The predicted molar refractivity (Wildman–Crippen MR) is 123 cm³/mol. The lowest BCUT2D eigenvalue weighted by atomic mass is 10.0. The Kier molecular flexibility index (Phi) is 7.11. The first-order valence-electron chi connectivity index (χ1n) is 9.58. The van der Waals surface area contributed by atoms with Crippen LogP contribution in [-0.2, 0) is 6.54 Å². The third-order valence-electron chi connectivity index (χ3n) is 4.91. The number of ether oxygens (including phenoxy) is 1. The van der Waals surface area contributed by atoms with Gasteiger partial charge in [-0.15, -0.1) is 0 Å². The largest absolute Gasteiger partial charge is 0.497 e. The van der Waals surface area contributed by atoms with Gasteiger partial charge in [-0.05, 0) is 64.8 Å². The molecule has 4 nitrogen and oxygen atoms in total. The third kappa shape index (κ3) is 4.65. The van der Waals surface area contributed by atoms with Gasteiger partial charge in [0.05, 0.1) is 19.0 Å². The molecule has 1 heterocycles. The number of benzene rings is 2. The maximum atomic E-state index is 14.1. The summed E-state index contributed by atoms with van der Waals surface area (Å²) in [5, 5.41) is 0.